The summed E-state index contributed by atoms with van der Waals surface area (Å²) in [4.78, 5) is 22.9. The number of amides is 2. The second-order valence-corrected chi connectivity index (χ2v) is 5.04. The van der Waals surface area contributed by atoms with E-state index in [0.717, 1.165) is 11.3 Å². The van der Waals surface area contributed by atoms with E-state index in [0.29, 0.717) is 0 Å². The van der Waals surface area contributed by atoms with Crippen molar-refractivity contribution < 1.29 is 14.3 Å². The number of ether oxygens (including phenoxy) is 1. The molecule has 2 amide bonds. The van der Waals surface area contributed by atoms with Crippen LogP contribution in [0.5, 0.6) is 5.75 Å². The molecule has 0 bridgehead atoms. The fourth-order valence-electron chi connectivity index (χ4n) is 1.92. The minimum Gasteiger partial charge on any atom is -0.497 e. The zero-order chi connectivity index (χ0) is 15.8. The molecule has 0 aliphatic heterocycles. The molecule has 0 saturated heterocycles. The average molecular weight is 330 g/mol. The molecule has 0 aromatic heterocycles. The molecule has 0 aliphatic rings. The molecule has 0 radical (unpaired) electrons. The number of hydrogen-bond donors (Lipinski definition) is 3. The van der Waals surface area contributed by atoms with E-state index in [1.54, 1.807) is 7.11 Å². The molecule has 1 aromatic rings. The summed E-state index contributed by atoms with van der Waals surface area (Å²) in [6.07, 6.45) is 0. The summed E-state index contributed by atoms with van der Waals surface area (Å²) in [6, 6.07) is 7.42. The van der Waals surface area contributed by atoms with Gasteiger partial charge in [-0.25, -0.2) is 0 Å². The highest BCUT2D eigenvalue weighted by Crippen LogP contribution is 2.23. The van der Waals surface area contributed by atoms with Gasteiger partial charge in [0.2, 0.25) is 11.8 Å². The summed E-state index contributed by atoms with van der Waals surface area (Å²) in [5, 5.41) is 5.36. The fourth-order valence-corrected chi connectivity index (χ4v) is 1.92. The second kappa shape index (κ2) is 10.0. The van der Waals surface area contributed by atoms with Crippen molar-refractivity contribution >= 4 is 24.2 Å². The lowest BCUT2D eigenvalue weighted by Gasteiger charge is -2.23. The van der Waals surface area contributed by atoms with E-state index in [4.69, 9.17) is 10.5 Å². The normalized spacial score (nSPS) is 11.3. The van der Waals surface area contributed by atoms with E-state index < -0.39 is 0 Å². The van der Waals surface area contributed by atoms with Gasteiger partial charge in [0.25, 0.3) is 0 Å². The van der Waals surface area contributed by atoms with Crippen molar-refractivity contribution in [2.45, 2.75) is 19.9 Å². The largest absolute Gasteiger partial charge is 0.497 e. The molecule has 1 aromatic carbocycles. The number of carbonyl (C=O) groups excluding carboxylic acids is 2. The second-order valence-electron chi connectivity index (χ2n) is 5.04. The zero-order valence-electron chi connectivity index (χ0n) is 13.1. The standard InChI is InChI=1S/C15H23N3O3.ClH/c1-10(2)15(11-4-6-12(21-3)7-5-11)18-14(20)9-17-13(19)8-16;/h4-7,10,15H,8-9,16H2,1-3H3,(H,17,19)(H,18,20);1H. The fraction of sp³-hybridized carbons (Fsp3) is 0.467. The number of nitrogens with one attached hydrogen (secondary N) is 2. The van der Waals surface area contributed by atoms with Crippen LogP contribution in [0.3, 0.4) is 0 Å². The lowest BCUT2D eigenvalue weighted by Crippen LogP contribution is -2.41. The number of benzene rings is 1. The van der Waals surface area contributed by atoms with Gasteiger partial charge < -0.3 is 21.1 Å². The minimum absolute atomic E-state index is 0. The molecule has 0 heterocycles. The molecule has 0 spiro atoms. The van der Waals surface area contributed by atoms with Gasteiger partial charge in [-0.2, -0.15) is 0 Å². The van der Waals surface area contributed by atoms with Crippen molar-refractivity contribution in [3.63, 3.8) is 0 Å². The summed E-state index contributed by atoms with van der Waals surface area (Å²) in [5.74, 6) is 0.386. The summed E-state index contributed by atoms with van der Waals surface area (Å²) in [5.41, 5.74) is 6.16. The minimum atomic E-state index is -0.351. The monoisotopic (exact) mass is 329 g/mol. The summed E-state index contributed by atoms with van der Waals surface area (Å²) in [6.45, 7) is 3.84. The number of rotatable bonds is 7. The number of carbonyl (C=O) groups is 2. The molecule has 1 atom stereocenters. The molecule has 7 heteroatoms. The molecule has 6 nitrogen and oxygen atoms in total. The summed E-state index contributed by atoms with van der Waals surface area (Å²) < 4.78 is 5.12. The zero-order valence-corrected chi connectivity index (χ0v) is 13.9. The maximum atomic E-state index is 11.9. The van der Waals surface area contributed by atoms with E-state index in [1.165, 1.54) is 0 Å². The number of methoxy groups -OCH3 is 1. The number of nitrogens with two attached hydrogens (primary N) is 1. The molecule has 4 N–H and O–H groups in total. The first kappa shape index (κ1) is 20.2. The van der Waals surface area contributed by atoms with Gasteiger partial charge in [0.05, 0.1) is 26.2 Å². The number of hydrogen-bond acceptors (Lipinski definition) is 4. The first-order valence-electron chi connectivity index (χ1n) is 6.88. The van der Waals surface area contributed by atoms with Crippen molar-refractivity contribution in [3.05, 3.63) is 29.8 Å². The average Bonchev–Trinajstić information content (AvgIpc) is 2.50. The lowest BCUT2D eigenvalue weighted by atomic mass is 9.96. The van der Waals surface area contributed by atoms with Crippen LogP contribution in [0.4, 0.5) is 0 Å². The van der Waals surface area contributed by atoms with Gasteiger partial charge in [-0.05, 0) is 23.6 Å². The van der Waals surface area contributed by atoms with E-state index in [9.17, 15) is 9.59 Å². The van der Waals surface area contributed by atoms with E-state index in [1.807, 2.05) is 38.1 Å². The molecule has 0 saturated carbocycles. The van der Waals surface area contributed by atoms with Crippen LogP contribution in [0.2, 0.25) is 0 Å². The topological polar surface area (TPSA) is 93.5 Å². The van der Waals surface area contributed by atoms with Crippen LogP contribution in [-0.2, 0) is 9.59 Å². The Morgan fingerprint density at radius 1 is 1.18 bits per heavy atom. The lowest BCUT2D eigenvalue weighted by molar-refractivity contribution is -0.126. The van der Waals surface area contributed by atoms with Gasteiger partial charge in [0, 0.05) is 0 Å². The van der Waals surface area contributed by atoms with Crippen molar-refractivity contribution in [1.29, 1.82) is 0 Å². The summed E-state index contributed by atoms with van der Waals surface area (Å²) in [7, 11) is 1.61. The van der Waals surface area contributed by atoms with Crippen LogP contribution in [0.25, 0.3) is 0 Å². The van der Waals surface area contributed by atoms with E-state index >= 15 is 0 Å². The Morgan fingerprint density at radius 2 is 1.77 bits per heavy atom. The third-order valence-electron chi connectivity index (χ3n) is 3.09. The number of halogens is 1. The first-order valence-corrected chi connectivity index (χ1v) is 6.88. The smallest absolute Gasteiger partial charge is 0.239 e. The Bertz CT molecular complexity index is 477. The Morgan fingerprint density at radius 3 is 2.23 bits per heavy atom. The van der Waals surface area contributed by atoms with Crippen LogP contribution < -0.4 is 21.1 Å². The summed E-state index contributed by atoms with van der Waals surface area (Å²) >= 11 is 0. The van der Waals surface area contributed by atoms with Crippen molar-refractivity contribution in [2.75, 3.05) is 20.2 Å². The van der Waals surface area contributed by atoms with Crippen LogP contribution in [-0.4, -0.2) is 32.0 Å². The molecule has 0 aliphatic carbocycles. The molecule has 1 unspecified atom stereocenters. The van der Waals surface area contributed by atoms with Crippen molar-refractivity contribution in [2.24, 2.45) is 11.7 Å². The predicted octanol–water partition coefficient (Wildman–Crippen LogP) is 1.01. The highest BCUT2D eigenvalue weighted by Gasteiger charge is 2.18. The van der Waals surface area contributed by atoms with Gasteiger partial charge in [-0.1, -0.05) is 26.0 Å². The molecule has 0 fully saturated rings. The molecular formula is C15H24ClN3O3. The van der Waals surface area contributed by atoms with Gasteiger partial charge in [-0.15, -0.1) is 12.4 Å². The quantitative estimate of drug-likeness (QED) is 0.696. The van der Waals surface area contributed by atoms with Crippen LogP contribution in [0, 0.1) is 5.92 Å². The SMILES string of the molecule is COc1ccc(C(NC(=O)CNC(=O)CN)C(C)C)cc1.Cl. The van der Waals surface area contributed by atoms with Crippen molar-refractivity contribution in [3.8, 4) is 5.75 Å². The predicted molar refractivity (Wildman–Crippen MR) is 88.0 cm³/mol. The van der Waals surface area contributed by atoms with Gasteiger partial charge in [0.15, 0.2) is 0 Å². The van der Waals surface area contributed by atoms with Crippen LogP contribution >= 0.6 is 12.4 Å². The van der Waals surface area contributed by atoms with E-state index in [-0.39, 0.29) is 49.3 Å². The maximum absolute atomic E-state index is 11.9. The first-order chi connectivity index (χ1) is 9.97. The molecule has 124 valence electrons. The Labute approximate surface area is 137 Å². The highest BCUT2D eigenvalue weighted by atomic mass is 35.5. The van der Waals surface area contributed by atoms with Crippen LogP contribution in [0.1, 0.15) is 25.5 Å². The third-order valence-corrected chi connectivity index (χ3v) is 3.09. The highest BCUT2D eigenvalue weighted by molar-refractivity contribution is 5.86. The van der Waals surface area contributed by atoms with Crippen molar-refractivity contribution in [1.82, 2.24) is 10.6 Å². The van der Waals surface area contributed by atoms with Crippen LogP contribution in [0.15, 0.2) is 24.3 Å². The third kappa shape index (κ3) is 6.32. The Hall–Kier alpha value is -1.79. The molecule has 1 rings (SSSR count). The van der Waals surface area contributed by atoms with E-state index in [2.05, 4.69) is 10.6 Å². The van der Waals surface area contributed by atoms with Gasteiger partial charge in [-0.3, -0.25) is 9.59 Å². The Balaban J connectivity index is 0.00000441. The molecule has 22 heavy (non-hydrogen) atoms. The maximum Gasteiger partial charge on any atom is 0.239 e. The molecular weight excluding hydrogens is 306 g/mol. The Kier molecular flexibility index (Phi) is 9.21. The van der Waals surface area contributed by atoms with Gasteiger partial charge >= 0.3 is 0 Å². The van der Waals surface area contributed by atoms with Gasteiger partial charge in [0.1, 0.15) is 5.75 Å².